The minimum atomic E-state index is -2.81. The SMILES string of the molecule is CCS(=O)(=O)CCCN1CCC(C#N)CC1. The Kier molecular flexibility index (Phi) is 5.23. The molecular formula is C11H20N2O2S. The van der Waals surface area contributed by atoms with Gasteiger partial charge in [-0.2, -0.15) is 5.26 Å². The fraction of sp³-hybridized carbons (Fsp3) is 0.909. The summed E-state index contributed by atoms with van der Waals surface area (Å²) in [6, 6.07) is 2.29. The molecule has 0 aromatic carbocycles. The zero-order chi connectivity index (χ0) is 12.0. The summed E-state index contributed by atoms with van der Waals surface area (Å²) >= 11 is 0. The van der Waals surface area contributed by atoms with Gasteiger partial charge in [0.15, 0.2) is 0 Å². The third-order valence-corrected chi connectivity index (χ3v) is 4.93. The van der Waals surface area contributed by atoms with Crippen LogP contribution in [0, 0.1) is 17.2 Å². The second-order valence-electron chi connectivity index (χ2n) is 4.33. The van der Waals surface area contributed by atoms with E-state index >= 15 is 0 Å². The summed E-state index contributed by atoms with van der Waals surface area (Å²) in [5.74, 6) is 0.737. The first-order valence-electron chi connectivity index (χ1n) is 5.90. The van der Waals surface area contributed by atoms with Crippen molar-refractivity contribution in [1.29, 1.82) is 5.26 Å². The van der Waals surface area contributed by atoms with Gasteiger partial charge in [0, 0.05) is 11.7 Å². The maximum absolute atomic E-state index is 11.3. The van der Waals surface area contributed by atoms with E-state index in [4.69, 9.17) is 5.26 Å². The van der Waals surface area contributed by atoms with Gasteiger partial charge in [-0.1, -0.05) is 6.92 Å². The van der Waals surface area contributed by atoms with E-state index in [-0.39, 0.29) is 11.7 Å². The topological polar surface area (TPSA) is 61.2 Å². The summed E-state index contributed by atoms with van der Waals surface area (Å²) in [6.07, 6.45) is 2.57. The van der Waals surface area contributed by atoms with Crippen LogP contribution >= 0.6 is 0 Å². The molecule has 92 valence electrons. The fourth-order valence-corrected chi connectivity index (χ4v) is 2.80. The third-order valence-electron chi connectivity index (χ3n) is 3.14. The summed E-state index contributed by atoms with van der Waals surface area (Å²) in [5.41, 5.74) is 0. The lowest BCUT2D eigenvalue weighted by Gasteiger charge is -2.28. The summed E-state index contributed by atoms with van der Waals surface area (Å²) < 4.78 is 22.6. The van der Waals surface area contributed by atoms with Gasteiger partial charge in [0.05, 0.1) is 11.8 Å². The Hall–Kier alpha value is -0.600. The third kappa shape index (κ3) is 4.50. The van der Waals surface area contributed by atoms with E-state index in [9.17, 15) is 8.42 Å². The highest BCUT2D eigenvalue weighted by molar-refractivity contribution is 7.91. The minimum Gasteiger partial charge on any atom is -0.303 e. The maximum atomic E-state index is 11.3. The Balaban J connectivity index is 2.19. The number of nitriles is 1. The van der Waals surface area contributed by atoms with Gasteiger partial charge in [0.25, 0.3) is 0 Å². The van der Waals surface area contributed by atoms with Crippen LogP contribution in [-0.2, 0) is 9.84 Å². The van der Waals surface area contributed by atoms with E-state index in [1.807, 2.05) is 0 Å². The first kappa shape index (κ1) is 13.5. The molecule has 0 aromatic heterocycles. The smallest absolute Gasteiger partial charge is 0.150 e. The Morgan fingerprint density at radius 1 is 1.38 bits per heavy atom. The lowest BCUT2D eigenvalue weighted by atomic mass is 9.99. The average Bonchev–Trinajstić information content (AvgIpc) is 2.30. The van der Waals surface area contributed by atoms with Gasteiger partial charge in [0.1, 0.15) is 9.84 Å². The van der Waals surface area contributed by atoms with E-state index in [0.29, 0.717) is 12.2 Å². The molecule has 1 saturated heterocycles. The molecule has 4 nitrogen and oxygen atoms in total. The van der Waals surface area contributed by atoms with Crippen molar-refractivity contribution in [3.63, 3.8) is 0 Å². The maximum Gasteiger partial charge on any atom is 0.150 e. The van der Waals surface area contributed by atoms with Gasteiger partial charge >= 0.3 is 0 Å². The number of piperidine rings is 1. The standard InChI is InChI=1S/C11H20N2O2S/c1-2-16(14,15)9-3-6-13-7-4-11(10-12)5-8-13/h11H,2-9H2,1H3. The molecule has 0 aromatic rings. The second kappa shape index (κ2) is 6.21. The Morgan fingerprint density at radius 3 is 2.50 bits per heavy atom. The quantitative estimate of drug-likeness (QED) is 0.725. The van der Waals surface area contributed by atoms with Gasteiger partial charge in [-0.3, -0.25) is 0 Å². The molecular weight excluding hydrogens is 224 g/mol. The highest BCUT2D eigenvalue weighted by Gasteiger charge is 2.18. The van der Waals surface area contributed by atoms with Crippen LogP contribution in [0.25, 0.3) is 0 Å². The average molecular weight is 244 g/mol. The lowest BCUT2D eigenvalue weighted by molar-refractivity contribution is 0.206. The molecule has 0 spiro atoms. The Morgan fingerprint density at radius 2 is 2.00 bits per heavy atom. The molecule has 0 radical (unpaired) electrons. The summed E-state index contributed by atoms with van der Waals surface area (Å²) in [6.45, 7) is 4.40. The van der Waals surface area contributed by atoms with Crippen LogP contribution in [0.4, 0.5) is 0 Å². The van der Waals surface area contributed by atoms with Crippen LogP contribution in [0.15, 0.2) is 0 Å². The molecule has 1 aliphatic rings. The van der Waals surface area contributed by atoms with Gasteiger partial charge < -0.3 is 4.90 Å². The lowest BCUT2D eigenvalue weighted by Crippen LogP contribution is -2.34. The molecule has 5 heteroatoms. The van der Waals surface area contributed by atoms with Crippen molar-refractivity contribution in [3.05, 3.63) is 0 Å². The van der Waals surface area contributed by atoms with Crippen molar-refractivity contribution in [2.45, 2.75) is 26.2 Å². The number of hydrogen-bond acceptors (Lipinski definition) is 4. The van der Waals surface area contributed by atoms with Crippen molar-refractivity contribution in [1.82, 2.24) is 4.90 Å². The number of hydrogen-bond donors (Lipinski definition) is 0. The van der Waals surface area contributed by atoms with Crippen LogP contribution in [0.5, 0.6) is 0 Å². The van der Waals surface area contributed by atoms with Crippen molar-refractivity contribution < 1.29 is 8.42 Å². The molecule has 0 saturated carbocycles. The molecule has 0 aliphatic carbocycles. The summed E-state index contributed by atoms with van der Waals surface area (Å²) in [7, 11) is -2.81. The van der Waals surface area contributed by atoms with Gasteiger partial charge in [0.2, 0.25) is 0 Å². The number of sulfone groups is 1. The first-order chi connectivity index (χ1) is 7.57. The van der Waals surface area contributed by atoms with Crippen LogP contribution < -0.4 is 0 Å². The Labute approximate surface area is 98.2 Å². The number of rotatable bonds is 5. The molecule has 0 amide bonds. The molecule has 1 heterocycles. The number of nitrogens with zero attached hydrogens (tertiary/aromatic N) is 2. The molecule has 1 fully saturated rings. The van der Waals surface area contributed by atoms with Crippen molar-refractivity contribution in [2.24, 2.45) is 5.92 Å². The molecule has 1 rings (SSSR count). The van der Waals surface area contributed by atoms with E-state index < -0.39 is 9.84 Å². The van der Waals surface area contributed by atoms with E-state index in [1.54, 1.807) is 6.92 Å². The normalized spacial score (nSPS) is 19.5. The van der Waals surface area contributed by atoms with Gasteiger partial charge in [-0.25, -0.2) is 8.42 Å². The summed E-state index contributed by atoms with van der Waals surface area (Å²) in [5, 5.41) is 8.74. The molecule has 0 bridgehead atoms. The van der Waals surface area contributed by atoms with Gasteiger partial charge in [-0.15, -0.1) is 0 Å². The highest BCUT2D eigenvalue weighted by atomic mass is 32.2. The fourth-order valence-electron chi connectivity index (χ4n) is 1.94. The van der Waals surface area contributed by atoms with Crippen LogP contribution in [0.1, 0.15) is 26.2 Å². The van der Waals surface area contributed by atoms with Crippen LogP contribution in [-0.4, -0.2) is 44.5 Å². The monoisotopic (exact) mass is 244 g/mol. The van der Waals surface area contributed by atoms with Crippen LogP contribution in [0.2, 0.25) is 0 Å². The minimum absolute atomic E-state index is 0.204. The number of likely N-dealkylation sites (tertiary alicyclic amines) is 1. The van der Waals surface area contributed by atoms with E-state index in [2.05, 4.69) is 11.0 Å². The molecule has 1 aliphatic heterocycles. The largest absolute Gasteiger partial charge is 0.303 e. The van der Waals surface area contributed by atoms with Crippen molar-refractivity contribution >= 4 is 9.84 Å². The van der Waals surface area contributed by atoms with Crippen molar-refractivity contribution in [2.75, 3.05) is 31.1 Å². The zero-order valence-corrected chi connectivity index (χ0v) is 10.7. The highest BCUT2D eigenvalue weighted by Crippen LogP contribution is 2.16. The molecule has 0 atom stereocenters. The first-order valence-corrected chi connectivity index (χ1v) is 7.72. The van der Waals surface area contributed by atoms with Gasteiger partial charge in [-0.05, 0) is 38.9 Å². The predicted molar refractivity (Wildman–Crippen MR) is 63.7 cm³/mol. The molecule has 16 heavy (non-hydrogen) atoms. The predicted octanol–water partition coefficient (Wildman–Crippen LogP) is 1.05. The Bertz CT molecular complexity index is 337. The van der Waals surface area contributed by atoms with Crippen LogP contribution in [0.3, 0.4) is 0 Å². The van der Waals surface area contributed by atoms with E-state index in [0.717, 1.165) is 32.5 Å². The molecule has 0 unspecified atom stereocenters. The van der Waals surface area contributed by atoms with Crippen molar-refractivity contribution in [3.8, 4) is 6.07 Å². The van der Waals surface area contributed by atoms with E-state index in [1.165, 1.54) is 0 Å². The second-order valence-corrected chi connectivity index (χ2v) is 6.81. The molecule has 0 N–H and O–H groups in total. The summed E-state index contributed by atoms with van der Waals surface area (Å²) in [4.78, 5) is 2.26. The zero-order valence-electron chi connectivity index (χ0n) is 9.85.